The Morgan fingerprint density at radius 2 is 1.85 bits per heavy atom. The highest BCUT2D eigenvalue weighted by Crippen LogP contribution is 2.41. The van der Waals surface area contributed by atoms with Gasteiger partial charge in [0.2, 0.25) is 5.91 Å². The van der Waals surface area contributed by atoms with E-state index in [1.54, 1.807) is 0 Å². The molecule has 2 amide bonds. The monoisotopic (exact) mass is 453 g/mol. The van der Waals surface area contributed by atoms with E-state index in [2.05, 4.69) is 34.1 Å². The van der Waals surface area contributed by atoms with Gasteiger partial charge in [-0.15, -0.1) is 0 Å². The van der Waals surface area contributed by atoms with Crippen molar-refractivity contribution in [2.24, 2.45) is 5.92 Å². The van der Waals surface area contributed by atoms with Gasteiger partial charge in [0.1, 0.15) is 0 Å². The third-order valence-corrected chi connectivity index (χ3v) is 8.07. The van der Waals surface area contributed by atoms with Crippen molar-refractivity contribution in [3.05, 3.63) is 77.6 Å². The highest BCUT2D eigenvalue weighted by atomic mass is 16.2. The molecule has 174 valence electrons. The lowest BCUT2D eigenvalue weighted by atomic mass is 9.84. The number of pyridine rings is 1. The first kappa shape index (κ1) is 21.3. The van der Waals surface area contributed by atoms with E-state index in [1.807, 2.05) is 41.6 Å². The third kappa shape index (κ3) is 3.97. The number of amides is 2. The topological polar surface area (TPSA) is 53.5 Å². The van der Waals surface area contributed by atoms with Gasteiger partial charge in [-0.2, -0.15) is 0 Å². The fourth-order valence-electron chi connectivity index (χ4n) is 6.50. The Morgan fingerprint density at radius 3 is 2.65 bits per heavy atom. The number of fused-ring (bicyclic) bond motifs is 3. The van der Waals surface area contributed by atoms with Gasteiger partial charge in [-0.05, 0) is 79.2 Å². The number of carbonyl (C=O) groups excluding carboxylic acids is 2. The summed E-state index contributed by atoms with van der Waals surface area (Å²) in [5.74, 6) is 0.980. The molecule has 5 heteroatoms. The van der Waals surface area contributed by atoms with Gasteiger partial charge < -0.3 is 9.80 Å². The number of carbonyl (C=O) groups is 2. The molecule has 6 rings (SSSR count). The fourth-order valence-corrected chi connectivity index (χ4v) is 6.50. The van der Waals surface area contributed by atoms with Crippen LogP contribution >= 0.6 is 0 Å². The average Bonchev–Trinajstić information content (AvgIpc) is 3.38. The molecule has 0 radical (unpaired) electrons. The van der Waals surface area contributed by atoms with Crippen molar-refractivity contribution in [3.63, 3.8) is 0 Å². The Kier molecular flexibility index (Phi) is 5.56. The minimum atomic E-state index is 0.162. The molecule has 4 heterocycles. The van der Waals surface area contributed by atoms with Gasteiger partial charge in [-0.25, -0.2) is 0 Å². The van der Waals surface area contributed by atoms with Crippen LogP contribution in [0.1, 0.15) is 60.0 Å². The molecule has 0 spiro atoms. The Bertz CT molecular complexity index is 1220. The van der Waals surface area contributed by atoms with Crippen LogP contribution in [0.2, 0.25) is 0 Å². The Morgan fingerprint density at radius 1 is 1.03 bits per heavy atom. The lowest BCUT2D eigenvalue weighted by Gasteiger charge is -2.39. The van der Waals surface area contributed by atoms with Crippen LogP contribution in [0.5, 0.6) is 0 Å². The van der Waals surface area contributed by atoms with Gasteiger partial charge in [0.05, 0.1) is 0 Å². The van der Waals surface area contributed by atoms with Crippen molar-refractivity contribution >= 4 is 22.6 Å². The lowest BCUT2D eigenvalue weighted by Crippen LogP contribution is -2.47. The standard InChI is InChI=1S/C29H31N3O2/c33-28-8-3-13-31(28)19-20-4-1-7-24(14-20)29(34)32-25-9-10-26(32)17-21(16-25)15-23-6-2-5-22-11-12-30-18-27(22)23/h1-2,4-7,11-12,14,18,21,25-26H,3,8-10,13,15-17,19H2/t25-,26-/m0/s1. The molecule has 3 fully saturated rings. The van der Waals surface area contributed by atoms with Crippen LogP contribution < -0.4 is 0 Å². The summed E-state index contributed by atoms with van der Waals surface area (Å²) in [4.78, 5) is 34.0. The molecule has 2 bridgehead atoms. The molecule has 0 N–H and O–H groups in total. The first-order valence-corrected chi connectivity index (χ1v) is 12.7. The van der Waals surface area contributed by atoms with Gasteiger partial charge in [0.15, 0.2) is 0 Å². The molecule has 3 aliphatic rings. The second-order valence-electron chi connectivity index (χ2n) is 10.3. The molecule has 3 aliphatic heterocycles. The van der Waals surface area contributed by atoms with E-state index in [1.165, 1.54) is 16.3 Å². The summed E-state index contributed by atoms with van der Waals surface area (Å²) in [5, 5.41) is 2.50. The van der Waals surface area contributed by atoms with Crippen molar-refractivity contribution in [3.8, 4) is 0 Å². The summed E-state index contributed by atoms with van der Waals surface area (Å²) < 4.78 is 0. The van der Waals surface area contributed by atoms with Gasteiger partial charge in [-0.3, -0.25) is 14.6 Å². The largest absolute Gasteiger partial charge is 0.338 e. The molecule has 0 unspecified atom stereocenters. The maximum atomic E-state index is 13.6. The summed E-state index contributed by atoms with van der Waals surface area (Å²) in [6, 6.07) is 17.2. The molecule has 5 nitrogen and oxygen atoms in total. The molecule has 0 saturated carbocycles. The molecular weight excluding hydrogens is 422 g/mol. The second-order valence-corrected chi connectivity index (χ2v) is 10.3. The van der Waals surface area contributed by atoms with Gasteiger partial charge in [-0.1, -0.05) is 30.3 Å². The highest BCUT2D eigenvalue weighted by Gasteiger charge is 2.43. The van der Waals surface area contributed by atoms with Gasteiger partial charge in [0, 0.05) is 54.9 Å². The molecule has 0 aliphatic carbocycles. The quantitative estimate of drug-likeness (QED) is 0.547. The van der Waals surface area contributed by atoms with E-state index in [0.717, 1.165) is 56.2 Å². The van der Waals surface area contributed by atoms with Gasteiger partial charge >= 0.3 is 0 Å². The van der Waals surface area contributed by atoms with E-state index < -0.39 is 0 Å². The molecule has 2 aromatic carbocycles. The predicted molar refractivity (Wildman–Crippen MR) is 132 cm³/mol. The lowest BCUT2D eigenvalue weighted by molar-refractivity contribution is -0.128. The summed E-state index contributed by atoms with van der Waals surface area (Å²) in [7, 11) is 0. The third-order valence-electron chi connectivity index (χ3n) is 8.07. The zero-order valence-electron chi connectivity index (χ0n) is 19.5. The predicted octanol–water partition coefficient (Wildman–Crippen LogP) is 4.98. The Hall–Kier alpha value is -3.21. The van der Waals surface area contributed by atoms with E-state index in [9.17, 15) is 9.59 Å². The van der Waals surface area contributed by atoms with Gasteiger partial charge in [0.25, 0.3) is 5.91 Å². The number of aromatic nitrogens is 1. The van der Waals surface area contributed by atoms with Crippen LogP contribution in [0.15, 0.2) is 60.9 Å². The van der Waals surface area contributed by atoms with E-state index in [4.69, 9.17) is 0 Å². The molecular formula is C29H31N3O2. The minimum absolute atomic E-state index is 0.162. The van der Waals surface area contributed by atoms with Crippen LogP contribution in [0.3, 0.4) is 0 Å². The average molecular weight is 454 g/mol. The maximum absolute atomic E-state index is 13.6. The normalized spacial score (nSPS) is 24.2. The number of hydrogen-bond donors (Lipinski definition) is 0. The van der Waals surface area contributed by atoms with Crippen molar-refractivity contribution < 1.29 is 9.59 Å². The molecule has 2 atom stereocenters. The minimum Gasteiger partial charge on any atom is -0.338 e. The van der Waals surface area contributed by atoms with Crippen LogP contribution in [0, 0.1) is 5.92 Å². The molecule has 34 heavy (non-hydrogen) atoms. The number of hydrogen-bond acceptors (Lipinski definition) is 3. The Labute approximate surface area is 200 Å². The van der Waals surface area contributed by atoms with Crippen molar-refractivity contribution in [1.82, 2.24) is 14.8 Å². The number of rotatable bonds is 5. The van der Waals surface area contributed by atoms with E-state index >= 15 is 0 Å². The molecule has 1 aromatic heterocycles. The van der Waals surface area contributed by atoms with E-state index in [-0.39, 0.29) is 11.8 Å². The fraction of sp³-hybridized carbons (Fsp3) is 0.414. The molecule has 3 aromatic rings. The number of benzene rings is 2. The zero-order valence-corrected chi connectivity index (χ0v) is 19.5. The Balaban J connectivity index is 1.16. The zero-order chi connectivity index (χ0) is 23.1. The second kappa shape index (κ2) is 8.86. The smallest absolute Gasteiger partial charge is 0.254 e. The first-order valence-electron chi connectivity index (χ1n) is 12.7. The van der Waals surface area contributed by atoms with E-state index in [0.29, 0.717) is 31.0 Å². The van der Waals surface area contributed by atoms with Crippen LogP contribution in [-0.4, -0.2) is 45.2 Å². The van der Waals surface area contributed by atoms with Crippen LogP contribution in [-0.2, 0) is 17.8 Å². The SMILES string of the molecule is O=C1CCCN1Cc1cccc(C(=O)N2[C@H]3CC[C@H]2CC(Cc2cccc4ccncc24)C3)c1. The maximum Gasteiger partial charge on any atom is 0.254 e. The highest BCUT2D eigenvalue weighted by molar-refractivity contribution is 5.95. The molecule has 3 saturated heterocycles. The summed E-state index contributed by atoms with van der Waals surface area (Å²) in [6.45, 7) is 1.43. The van der Waals surface area contributed by atoms with Crippen molar-refractivity contribution in [1.29, 1.82) is 0 Å². The summed E-state index contributed by atoms with van der Waals surface area (Å²) in [5.41, 5.74) is 3.19. The first-order chi connectivity index (χ1) is 16.7. The van der Waals surface area contributed by atoms with Crippen LogP contribution in [0.4, 0.5) is 0 Å². The number of nitrogens with zero attached hydrogens (tertiary/aromatic N) is 3. The number of likely N-dealkylation sites (tertiary alicyclic amines) is 1. The van der Waals surface area contributed by atoms with Crippen LogP contribution in [0.25, 0.3) is 10.8 Å². The van der Waals surface area contributed by atoms with Crippen molar-refractivity contribution in [2.45, 2.75) is 63.6 Å². The number of piperidine rings is 1. The summed E-state index contributed by atoms with van der Waals surface area (Å²) >= 11 is 0. The summed E-state index contributed by atoms with van der Waals surface area (Å²) in [6.07, 6.45) is 10.8. The van der Waals surface area contributed by atoms with Crippen molar-refractivity contribution in [2.75, 3.05) is 6.54 Å².